The third-order valence-corrected chi connectivity index (χ3v) is 7.83. The number of aryl methyl sites for hydroxylation is 2. The number of carbonyl (C=O) groups is 1. The topological polar surface area (TPSA) is 132 Å². The zero-order valence-electron chi connectivity index (χ0n) is 22.4. The predicted molar refractivity (Wildman–Crippen MR) is 150 cm³/mol. The minimum atomic E-state index is -0.195. The summed E-state index contributed by atoms with van der Waals surface area (Å²) >= 11 is 0. The number of pyridine rings is 2. The second-order valence-electron chi connectivity index (χ2n) is 10.6. The Bertz CT molecular complexity index is 1720. The van der Waals surface area contributed by atoms with E-state index in [1.807, 2.05) is 41.8 Å². The van der Waals surface area contributed by atoms with Crippen LogP contribution in [0, 0.1) is 6.92 Å². The molecule has 5 aromatic rings. The molecule has 2 aliphatic rings. The molecule has 0 saturated carbocycles. The Morgan fingerprint density at radius 1 is 1.07 bits per heavy atom. The maximum absolute atomic E-state index is 13.4. The summed E-state index contributed by atoms with van der Waals surface area (Å²) in [7, 11) is 2.17. The molecule has 11 heteroatoms. The van der Waals surface area contributed by atoms with Gasteiger partial charge in [-0.15, -0.1) is 0 Å². The first-order valence-electron chi connectivity index (χ1n) is 13.4. The molecule has 2 saturated heterocycles. The zero-order valence-corrected chi connectivity index (χ0v) is 22.4. The number of piperazine rings is 1. The monoisotopic (exact) mass is 535 g/mol. The number of hydrogen-bond donors (Lipinski definition) is 1. The number of imidazole rings is 1. The van der Waals surface area contributed by atoms with Gasteiger partial charge >= 0.3 is 0 Å². The molecule has 5 aromatic heterocycles. The average Bonchev–Trinajstić information content (AvgIpc) is 3.62. The van der Waals surface area contributed by atoms with Crippen molar-refractivity contribution in [2.24, 2.45) is 0 Å². The van der Waals surface area contributed by atoms with E-state index in [9.17, 15) is 4.79 Å². The van der Waals surface area contributed by atoms with Gasteiger partial charge in [0.25, 0.3) is 0 Å². The standard InChI is InChI=1S/C29H29N9O2/c1-17-13-32-23-9-6-18(14-37(17)23)25-27(29-31-10-11-40-29)35-28(30)26(34-25)22(39)8-7-19-4-3-5-24(33-19)38-20-12-21(38)16-36(2)15-20/h3-6,9-11,13-14,20-21H,7-8,12,15-16H2,1-2H3,(H2,30,35)/t20-,21+. The van der Waals surface area contributed by atoms with Crippen LogP contribution in [0.1, 0.15) is 34.7 Å². The fourth-order valence-corrected chi connectivity index (χ4v) is 5.89. The second-order valence-corrected chi connectivity index (χ2v) is 10.6. The molecular weight excluding hydrogens is 506 g/mol. The Morgan fingerprint density at radius 2 is 1.93 bits per heavy atom. The van der Waals surface area contributed by atoms with Gasteiger partial charge in [0, 0.05) is 60.9 Å². The van der Waals surface area contributed by atoms with Crippen molar-refractivity contribution in [3.05, 3.63) is 72.3 Å². The van der Waals surface area contributed by atoms with Crippen molar-refractivity contribution in [1.82, 2.24) is 34.2 Å². The number of carbonyl (C=O) groups excluding carboxylic acids is 1. The Kier molecular flexibility index (Phi) is 5.81. The number of fused-ring (bicyclic) bond motifs is 3. The lowest BCUT2D eigenvalue weighted by molar-refractivity contribution is 0.0978. The van der Waals surface area contributed by atoms with Gasteiger partial charge in [-0.2, -0.15) is 0 Å². The molecule has 2 atom stereocenters. The highest BCUT2D eigenvalue weighted by Gasteiger charge is 2.44. The molecule has 7 heterocycles. The van der Waals surface area contributed by atoms with Crippen LogP contribution in [0.5, 0.6) is 0 Å². The first kappa shape index (κ1) is 24.4. The molecule has 0 radical (unpaired) electrons. The van der Waals surface area contributed by atoms with E-state index < -0.39 is 0 Å². The number of likely N-dealkylation sites (N-methyl/N-ethyl adjacent to an activating group) is 1. The number of nitrogens with two attached hydrogens (primary N) is 1. The van der Waals surface area contributed by atoms with Gasteiger partial charge in [-0.25, -0.2) is 24.9 Å². The SMILES string of the molecule is Cc1cnc2ccc(-c3nc(C(=O)CCc4cccc(N5[C@@H]6C[C@H]5CN(C)C6)n4)c(N)nc3-c3ncco3)cn12. The summed E-state index contributed by atoms with van der Waals surface area (Å²) in [5, 5.41) is 0. The van der Waals surface area contributed by atoms with E-state index in [4.69, 9.17) is 20.1 Å². The van der Waals surface area contributed by atoms with Crippen molar-refractivity contribution in [3.63, 3.8) is 0 Å². The van der Waals surface area contributed by atoms with Gasteiger partial charge in [0.15, 0.2) is 17.3 Å². The summed E-state index contributed by atoms with van der Waals surface area (Å²) in [5.41, 5.74) is 10.6. The van der Waals surface area contributed by atoms with Crippen LogP contribution in [0.25, 0.3) is 28.5 Å². The number of hydrogen-bond acceptors (Lipinski definition) is 10. The van der Waals surface area contributed by atoms with Crippen molar-refractivity contribution < 1.29 is 9.21 Å². The second kappa shape index (κ2) is 9.53. The van der Waals surface area contributed by atoms with Gasteiger partial charge in [-0.05, 0) is 51.1 Å². The van der Waals surface area contributed by atoms with Crippen LogP contribution in [0.2, 0.25) is 0 Å². The smallest absolute Gasteiger partial charge is 0.247 e. The number of nitrogens with zero attached hydrogens (tertiary/aromatic N) is 8. The van der Waals surface area contributed by atoms with Gasteiger partial charge in [0.05, 0.1) is 6.20 Å². The number of likely N-dealkylation sites (tertiary alicyclic amines) is 1. The van der Waals surface area contributed by atoms with Crippen LogP contribution >= 0.6 is 0 Å². The Labute approximate surface area is 230 Å². The summed E-state index contributed by atoms with van der Waals surface area (Å²) < 4.78 is 7.48. The van der Waals surface area contributed by atoms with E-state index in [1.54, 1.807) is 6.20 Å². The van der Waals surface area contributed by atoms with Crippen LogP contribution in [-0.4, -0.2) is 72.2 Å². The molecule has 0 spiro atoms. The molecule has 40 heavy (non-hydrogen) atoms. The predicted octanol–water partition coefficient (Wildman–Crippen LogP) is 3.44. The largest absolute Gasteiger partial charge is 0.443 e. The number of ketones is 1. The van der Waals surface area contributed by atoms with Crippen molar-refractivity contribution in [1.29, 1.82) is 0 Å². The van der Waals surface area contributed by atoms with Gasteiger partial charge in [0.2, 0.25) is 5.89 Å². The van der Waals surface area contributed by atoms with Crippen molar-refractivity contribution in [3.8, 4) is 22.8 Å². The molecule has 0 aliphatic carbocycles. The van der Waals surface area contributed by atoms with E-state index in [-0.39, 0.29) is 29.6 Å². The first-order chi connectivity index (χ1) is 19.4. The molecule has 0 amide bonds. The third kappa shape index (κ3) is 4.19. The Hall–Kier alpha value is -4.64. The van der Waals surface area contributed by atoms with Crippen LogP contribution in [0.15, 0.2) is 59.6 Å². The fraction of sp³-hybridized carbons (Fsp3) is 0.310. The third-order valence-electron chi connectivity index (χ3n) is 7.83. The summed E-state index contributed by atoms with van der Waals surface area (Å²) in [4.78, 5) is 41.1. The molecule has 2 bridgehead atoms. The van der Waals surface area contributed by atoms with E-state index in [0.717, 1.165) is 41.5 Å². The van der Waals surface area contributed by atoms with Gasteiger partial charge in [-0.3, -0.25) is 4.79 Å². The molecule has 2 N–H and O–H groups in total. The summed E-state index contributed by atoms with van der Waals surface area (Å²) in [6.45, 7) is 4.08. The van der Waals surface area contributed by atoms with Gasteiger partial charge in [0.1, 0.15) is 29.1 Å². The molecule has 202 valence electrons. The Morgan fingerprint density at radius 3 is 2.73 bits per heavy atom. The summed E-state index contributed by atoms with van der Waals surface area (Å²) in [6.07, 6.45) is 8.62. The number of oxazole rings is 1. The Balaban J connectivity index is 1.17. The molecule has 11 nitrogen and oxygen atoms in total. The van der Waals surface area contributed by atoms with Gasteiger partial charge in [-0.1, -0.05) is 6.07 Å². The lowest BCUT2D eigenvalue weighted by Gasteiger charge is -2.56. The number of nitrogen functional groups attached to an aromatic ring is 1. The maximum Gasteiger partial charge on any atom is 0.247 e. The number of rotatable bonds is 7. The minimum Gasteiger partial charge on any atom is -0.443 e. The molecule has 7 rings (SSSR count). The zero-order chi connectivity index (χ0) is 27.4. The van der Waals surface area contributed by atoms with Crippen LogP contribution in [0.3, 0.4) is 0 Å². The van der Waals surface area contributed by atoms with Crippen molar-refractivity contribution in [2.75, 3.05) is 30.8 Å². The lowest BCUT2D eigenvalue weighted by Crippen LogP contribution is -2.68. The van der Waals surface area contributed by atoms with Crippen LogP contribution in [0.4, 0.5) is 11.6 Å². The molecule has 0 aromatic carbocycles. The maximum atomic E-state index is 13.4. The molecule has 2 fully saturated rings. The van der Waals surface area contributed by atoms with E-state index in [2.05, 4.69) is 37.9 Å². The van der Waals surface area contributed by atoms with E-state index in [0.29, 0.717) is 29.9 Å². The van der Waals surface area contributed by atoms with E-state index in [1.165, 1.54) is 18.9 Å². The van der Waals surface area contributed by atoms with E-state index >= 15 is 0 Å². The fourth-order valence-electron chi connectivity index (χ4n) is 5.89. The molecule has 0 unspecified atom stereocenters. The highest BCUT2D eigenvalue weighted by Crippen LogP contribution is 2.36. The quantitative estimate of drug-likeness (QED) is 0.309. The van der Waals surface area contributed by atoms with Crippen molar-refractivity contribution in [2.45, 2.75) is 38.3 Å². The van der Waals surface area contributed by atoms with Crippen LogP contribution < -0.4 is 10.6 Å². The number of piperidine rings is 1. The minimum absolute atomic E-state index is 0.0427. The normalized spacial score (nSPS) is 18.7. The number of aromatic nitrogens is 6. The van der Waals surface area contributed by atoms with Gasteiger partial charge < -0.3 is 24.4 Å². The summed E-state index contributed by atoms with van der Waals surface area (Å²) in [6, 6.07) is 10.8. The molecule has 2 aliphatic heterocycles. The highest BCUT2D eigenvalue weighted by molar-refractivity contribution is 5.99. The summed E-state index contributed by atoms with van der Waals surface area (Å²) in [5.74, 6) is 1.11. The average molecular weight is 536 g/mol. The molecular formula is C29H29N9O2. The first-order valence-corrected chi connectivity index (χ1v) is 13.4. The highest BCUT2D eigenvalue weighted by atomic mass is 16.3. The van der Waals surface area contributed by atoms with Crippen LogP contribution in [-0.2, 0) is 6.42 Å². The number of Topliss-reactive ketones (excluding diaryl/α,β-unsaturated/α-hetero) is 1. The number of anilines is 2. The lowest BCUT2D eigenvalue weighted by atomic mass is 9.87. The van der Waals surface area contributed by atoms with Crippen molar-refractivity contribution >= 4 is 23.1 Å².